The molecule has 1 saturated heterocycles. The second-order valence-corrected chi connectivity index (χ2v) is 4.86. The summed E-state index contributed by atoms with van der Waals surface area (Å²) >= 11 is 0. The van der Waals surface area contributed by atoms with Gasteiger partial charge in [0.2, 0.25) is 0 Å². The third kappa shape index (κ3) is 6.66. The lowest BCUT2D eigenvalue weighted by Gasteiger charge is -2.27. The highest BCUT2D eigenvalue weighted by Gasteiger charge is 2.11. The first-order valence-corrected chi connectivity index (χ1v) is 6.98. The Morgan fingerprint density at radius 1 is 1.19 bits per heavy atom. The van der Waals surface area contributed by atoms with Crippen LogP contribution >= 0.6 is 24.8 Å². The maximum atomic E-state index is 11.7. The van der Waals surface area contributed by atoms with Crippen LogP contribution in [0.2, 0.25) is 0 Å². The van der Waals surface area contributed by atoms with Crippen LogP contribution in [-0.4, -0.2) is 43.7 Å². The fourth-order valence-corrected chi connectivity index (χ4v) is 2.15. The molecule has 4 nitrogen and oxygen atoms in total. The molecule has 0 bridgehead atoms. The van der Waals surface area contributed by atoms with E-state index in [-0.39, 0.29) is 30.8 Å². The Labute approximate surface area is 139 Å². The Morgan fingerprint density at radius 3 is 2.38 bits per heavy atom. The standard InChI is InChI=1S/C15H22N2O2.2ClH/c1-2-11-19-15(18)14-5-3-13(4-6-14)12-17-9-7-16-8-10-17;;/h3-6,16H,2,7-12H2,1H3;2*1H. The molecule has 1 aromatic carbocycles. The maximum absolute atomic E-state index is 11.7. The molecule has 6 heteroatoms. The fraction of sp³-hybridized carbons (Fsp3) is 0.533. The SMILES string of the molecule is CCCOC(=O)c1ccc(CN2CCNCC2)cc1.Cl.Cl. The molecule has 21 heavy (non-hydrogen) atoms. The predicted octanol–water partition coefficient (Wildman–Crippen LogP) is 2.50. The van der Waals surface area contributed by atoms with Gasteiger partial charge in [-0.2, -0.15) is 0 Å². The monoisotopic (exact) mass is 334 g/mol. The van der Waals surface area contributed by atoms with Crippen LogP contribution < -0.4 is 5.32 Å². The van der Waals surface area contributed by atoms with Crippen LogP contribution in [-0.2, 0) is 11.3 Å². The molecular formula is C15H24Cl2N2O2. The Bertz CT molecular complexity index is 407. The smallest absolute Gasteiger partial charge is 0.338 e. The number of hydrogen-bond donors (Lipinski definition) is 1. The van der Waals surface area contributed by atoms with Crippen molar-refractivity contribution < 1.29 is 9.53 Å². The van der Waals surface area contributed by atoms with Gasteiger partial charge in [0, 0.05) is 32.7 Å². The van der Waals surface area contributed by atoms with E-state index in [2.05, 4.69) is 10.2 Å². The van der Waals surface area contributed by atoms with E-state index in [1.807, 2.05) is 31.2 Å². The Kier molecular flexibility index (Phi) is 10.4. The van der Waals surface area contributed by atoms with Crippen LogP contribution in [0.25, 0.3) is 0 Å². The van der Waals surface area contributed by atoms with Crippen molar-refractivity contribution in [3.8, 4) is 0 Å². The Hall–Kier alpha value is -0.810. The molecule has 0 aliphatic carbocycles. The molecule has 0 spiro atoms. The average molecular weight is 335 g/mol. The number of nitrogens with one attached hydrogen (secondary N) is 1. The van der Waals surface area contributed by atoms with Crippen molar-refractivity contribution >= 4 is 30.8 Å². The van der Waals surface area contributed by atoms with E-state index in [1.165, 1.54) is 5.56 Å². The van der Waals surface area contributed by atoms with Gasteiger partial charge < -0.3 is 10.1 Å². The van der Waals surface area contributed by atoms with Gasteiger partial charge in [0.1, 0.15) is 0 Å². The molecule has 1 aromatic rings. The molecule has 1 fully saturated rings. The van der Waals surface area contributed by atoms with E-state index in [0.717, 1.165) is 39.1 Å². The number of rotatable bonds is 5. The van der Waals surface area contributed by atoms with Crippen molar-refractivity contribution in [1.82, 2.24) is 10.2 Å². The van der Waals surface area contributed by atoms with Crippen LogP contribution in [0.4, 0.5) is 0 Å². The molecule has 0 amide bonds. The normalized spacial score (nSPS) is 14.7. The summed E-state index contributed by atoms with van der Waals surface area (Å²) in [5.41, 5.74) is 1.88. The van der Waals surface area contributed by atoms with Gasteiger partial charge in [-0.15, -0.1) is 24.8 Å². The van der Waals surface area contributed by atoms with Crippen LogP contribution in [0.15, 0.2) is 24.3 Å². The van der Waals surface area contributed by atoms with Gasteiger partial charge in [-0.1, -0.05) is 19.1 Å². The van der Waals surface area contributed by atoms with Gasteiger partial charge in [-0.05, 0) is 24.1 Å². The lowest BCUT2D eigenvalue weighted by molar-refractivity contribution is 0.0505. The summed E-state index contributed by atoms with van der Waals surface area (Å²) in [5, 5.41) is 3.34. The van der Waals surface area contributed by atoms with E-state index in [1.54, 1.807) is 0 Å². The number of nitrogens with zero attached hydrogens (tertiary/aromatic N) is 1. The van der Waals surface area contributed by atoms with Crippen molar-refractivity contribution in [1.29, 1.82) is 0 Å². The van der Waals surface area contributed by atoms with E-state index in [0.29, 0.717) is 12.2 Å². The molecule has 1 N–H and O–H groups in total. The van der Waals surface area contributed by atoms with Gasteiger partial charge in [0.05, 0.1) is 12.2 Å². The molecule has 120 valence electrons. The summed E-state index contributed by atoms with van der Waals surface area (Å²) in [6.07, 6.45) is 0.854. The third-order valence-corrected chi connectivity index (χ3v) is 3.24. The van der Waals surface area contributed by atoms with Crippen molar-refractivity contribution in [2.24, 2.45) is 0 Å². The minimum atomic E-state index is -0.226. The minimum absolute atomic E-state index is 0. The number of benzene rings is 1. The van der Waals surface area contributed by atoms with Crippen LogP contribution in [0.5, 0.6) is 0 Å². The second kappa shape index (κ2) is 10.9. The Morgan fingerprint density at radius 2 is 1.81 bits per heavy atom. The third-order valence-electron chi connectivity index (χ3n) is 3.24. The number of esters is 1. The molecule has 2 rings (SSSR count). The molecule has 0 atom stereocenters. The second-order valence-electron chi connectivity index (χ2n) is 4.86. The number of piperazine rings is 1. The molecule has 1 heterocycles. The largest absolute Gasteiger partial charge is 0.462 e. The van der Waals surface area contributed by atoms with Gasteiger partial charge >= 0.3 is 5.97 Å². The van der Waals surface area contributed by atoms with E-state index in [4.69, 9.17) is 4.74 Å². The van der Waals surface area contributed by atoms with Gasteiger partial charge in [-0.25, -0.2) is 4.79 Å². The zero-order valence-corrected chi connectivity index (χ0v) is 14.0. The van der Waals surface area contributed by atoms with Gasteiger partial charge in [0.25, 0.3) is 0 Å². The first-order valence-electron chi connectivity index (χ1n) is 6.98. The zero-order chi connectivity index (χ0) is 13.5. The van der Waals surface area contributed by atoms with Gasteiger partial charge in [0.15, 0.2) is 0 Å². The number of hydrogen-bond acceptors (Lipinski definition) is 4. The lowest BCUT2D eigenvalue weighted by Crippen LogP contribution is -2.42. The Balaban J connectivity index is 0.00000200. The fourth-order valence-electron chi connectivity index (χ4n) is 2.15. The van der Waals surface area contributed by atoms with Crippen molar-refractivity contribution in [2.75, 3.05) is 32.8 Å². The topological polar surface area (TPSA) is 41.6 Å². The maximum Gasteiger partial charge on any atom is 0.338 e. The minimum Gasteiger partial charge on any atom is -0.462 e. The molecule has 1 aliphatic heterocycles. The number of carbonyl (C=O) groups is 1. The number of halogens is 2. The summed E-state index contributed by atoms with van der Waals surface area (Å²) < 4.78 is 5.11. The number of carbonyl (C=O) groups excluding carboxylic acids is 1. The summed E-state index contributed by atoms with van der Waals surface area (Å²) in [6.45, 7) is 7.71. The summed E-state index contributed by atoms with van der Waals surface area (Å²) in [4.78, 5) is 14.1. The van der Waals surface area contributed by atoms with Crippen molar-refractivity contribution in [2.45, 2.75) is 19.9 Å². The average Bonchev–Trinajstić information content (AvgIpc) is 2.46. The van der Waals surface area contributed by atoms with Crippen LogP contribution in [0.3, 0.4) is 0 Å². The molecular weight excluding hydrogens is 311 g/mol. The number of ether oxygens (including phenoxy) is 1. The van der Waals surface area contributed by atoms with Crippen molar-refractivity contribution in [3.63, 3.8) is 0 Å². The van der Waals surface area contributed by atoms with E-state index in [9.17, 15) is 4.79 Å². The molecule has 1 aliphatic rings. The first-order chi connectivity index (χ1) is 9.29. The highest BCUT2D eigenvalue weighted by Crippen LogP contribution is 2.09. The molecule has 0 saturated carbocycles. The van der Waals surface area contributed by atoms with Crippen LogP contribution in [0.1, 0.15) is 29.3 Å². The molecule has 0 aromatic heterocycles. The highest BCUT2D eigenvalue weighted by atomic mass is 35.5. The lowest BCUT2D eigenvalue weighted by atomic mass is 10.1. The predicted molar refractivity (Wildman–Crippen MR) is 89.7 cm³/mol. The first kappa shape index (κ1) is 20.2. The van der Waals surface area contributed by atoms with Crippen molar-refractivity contribution in [3.05, 3.63) is 35.4 Å². The van der Waals surface area contributed by atoms with E-state index >= 15 is 0 Å². The van der Waals surface area contributed by atoms with Gasteiger partial charge in [-0.3, -0.25) is 4.90 Å². The quantitative estimate of drug-likeness (QED) is 0.840. The molecule has 0 radical (unpaired) electrons. The van der Waals surface area contributed by atoms with Crippen LogP contribution in [0, 0.1) is 0 Å². The molecule has 0 unspecified atom stereocenters. The zero-order valence-electron chi connectivity index (χ0n) is 12.3. The highest BCUT2D eigenvalue weighted by molar-refractivity contribution is 5.89. The summed E-state index contributed by atoms with van der Waals surface area (Å²) in [7, 11) is 0. The summed E-state index contributed by atoms with van der Waals surface area (Å²) in [6, 6.07) is 7.75. The van der Waals surface area contributed by atoms with E-state index < -0.39 is 0 Å². The summed E-state index contributed by atoms with van der Waals surface area (Å²) in [5.74, 6) is -0.226.